The molecule has 3 unspecified atom stereocenters. The maximum atomic E-state index is 12.3. The summed E-state index contributed by atoms with van der Waals surface area (Å²) in [6.45, 7) is 3.27. The number of ether oxygens (including phenoxy) is 6. The van der Waals surface area contributed by atoms with Crippen LogP contribution in [-0.2, 0) is 42.8 Å². The minimum absolute atomic E-state index is 0.0172. The van der Waals surface area contributed by atoms with Crippen LogP contribution in [0.25, 0.3) is 0 Å². The maximum absolute atomic E-state index is 12.3. The first kappa shape index (κ1) is 17.8. The van der Waals surface area contributed by atoms with Crippen molar-refractivity contribution in [1.29, 1.82) is 0 Å². The number of carbonyl (C=O) groups is 3. The summed E-state index contributed by atoms with van der Waals surface area (Å²) in [6, 6.07) is 0. The van der Waals surface area contributed by atoms with Gasteiger partial charge in [0.1, 0.15) is 38.1 Å². The van der Waals surface area contributed by atoms with E-state index in [-0.39, 0.29) is 50.1 Å². The summed E-state index contributed by atoms with van der Waals surface area (Å²) < 4.78 is 30.1. The van der Waals surface area contributed by atoms with Crippen molar-refractivity contribution in [3.05, 3.63) is 11.1 Å². The van der Waals surface area contributed by atoms with Crippen molar-refractivity contribution < 1.29 is 42.8 Å². The van der Waals surface area contributed by atoms with Crippen LogP contribution in [0.1, 0.15) is 13.3 Å². The van der Waals surface area contributed by atoms with Gasteiger partial charge in [-0.25, -0.2) is 14.4 Å². The number of carbonyl (C=O) groups excluding carboxylic acids is 3. The Balaban J connectivity index is 1.69. The van der Waals surface area contributed by atoms with Crippen LogP contribution >= 0.6 is 0 Å². The monoisotopic (exact) mass is 356 g/mol. The zero-order valence-electron chi connectivity index (χ0n) is 13.9. The van der Waals surface area contributed by atoms with Gasteiger partial charge in [-0.05, 0) is 6.42 Å². The van der Waals surface area contributed by atoms with Gasteiger partial charge in [-0.2, -0.15) is 0 Å². The van der Waals surface area contributed by atoms with Crippen molar-refractivity contribution >= 4 is 17.9 Å². The van der Waals surface area contributed by atoms with Gasteiger partial charge in [0, 0.05) is 0 Å². The van der Waals surface area contributed by atoms with Crippen molar-refractivity contribution in [2.45, 2.75) is 31.7 Å². The van der Waals surface area contributed by atoms with Gasteiger partial charge < -0.3 is 28.4 Å². The van der Waals surface area contributed by atoms with Gasteiger partial charge in [0.2, 0.25) is 0 Å². The fourth-order valence-corrected chi connectivity index (χ4v) is 1.98. The fraction of sp³-hybridized carbons (Fsp3) is 0.688. The predicted octanol–water partition coefficient (Wildman–Crippen LogP) is -0.481. The molecule has 0 saturated carbocycles. The Morgan fingerprint density at radius 2 is 1.12 bits per heavy atom. The van der Waals surface area contributed by atoms with E-state index in [4.69, 9.17) is 28.4 Å². The molecule has 3 atom stereocenters. The lowest BCUT2D eigenvalue weighted by Gasteiger charge is -2.12. The van der Waals surface area contributed by atoms with Gasteiger partial charge in [0.05, 0.1) is 25.4 Å². The molecule has 0 bridgehead atoms. The molecule has 0 aromatic heterocycles. The highest BCUT2D eigenvalue weighted by Gasteiger charge is 2.34. The highest BCUT2D eigenvalue weighted by atomic mass is 16.6. The van der Waals surface area contributed by atoms with E-state index in [9.17, 15) is 14.4 Å². The SMILES string of the molecule is CCC(C(=O)OCC1CO1)=C(C(=O)OCC1CO1)C(=O)OCC1CO1. The normalized spacial score (nSPS) is 25.6. The van der Waals surface area contributed by atoms with Gasteiger partial charge >= 0.3 is 17.9 Å². The summed E-state index contributed by atoms with van der Waals surface area (Å²) in [4.78, 5) is 36.9. The second-order valence-electron chi connectivity index (χ2n) is 5.87. The average Bonchev–Trinajstić information content (AvgIpc) is 3.47. The van der Waals surface area contributed by atoms with Crippen molar-refractivity contribution in [2.75, 3.05) is 39.6 Å². The topological polar surface area (TPSA) is 116 Å². The molecule has 138 valence electrons. The number of epoxide rings is 3. The Labute approximate surface area is 144 Å². The molecule has 3 heterocycles. The molecule has 3 saturated heterocycles. The van der Waals surface area contributed by atoms with E-state index in [1.54, 1.807) is 6.92 Å². The predicted molar refractivity (Wildman–Crippen MR) is 79.4 cm³/mol. The van der Waals surface area contributed by atoms with E-state index < -0.39 is 23.5 Å². The Hall–Kier alpha value is -1.97. The molecule has 0 spiro atoms. The quantitative estimate of drug-likeness (QED) is 0.128. The molecule has 0 aliphatic carbocycles. The van der Waals surface area contributed by atoms with E-state index >= 15 is 0 Å². The Bertz CT molecular complexity index is 540. The van der Waals surface area contributed by atoms with Crippen LogP contribution in [-0.4, -0.2) is 75.9 Å². The number of hydrogen-bond donors (Lipinski definition) is 0. The average molecular weight is 356 g/mol. The first-order chi connectivity index (χ1) is 12.1. The first-order valence-electron chi connectivity index (χ1n) is 8.17. The van der Waals surface area contributed by atoms with Crippen LogP contribution in [0.15, 0.2) is 11.1 Å². The minimum atomic E-state index is -0.923. The maximum Gasteiger partial charge on any atom is 0.346 e. The van der Waals surface area contributed by atoms with Crippen molar-refractivity contribution in [1.82, 2.24) is 0 Å². The Kier molecular flexibility index (Phi) is 5.67. The molecule has 9 heteroatoms. The molecule has 0 radical (unpaired) electrons. The van der Waals surface area contributed by atoms with Crippen LogP contribution in [0, 0.1) is 0 Å². The summed E-state index contributed by atoms with van der Waals surface area (Å²) in [5.74, 6) is -2.60. The third-order valence-electron chi connectivity index (χ3n) is 3.72. The lowest BCUT2D eigenvalue weighted by molar-refractivity contribution is -0.149. The highest BCUT2D eigenvalue weighted by Crippen LogP contribution is 2.19. The summed E-state index contributed by atoms with van der Waals surface area (Å²) in [7, 11) is 0. The first-order valence-corrected chi connectivity index (χ1v) is 8.17. The molecule has 9 nitrogen and oxygen atoms in total. The second kappa shape index (κ2) is 7.94. The van der Waals surface area contributed by atoms with Crippen LogP contribution in [0.5, 0.6) is 0 Å². The highest BCUT2D eigenvalue weighted by molar-refractivity contribution is 6.19. The molecule has 0 N–H and O–H groups in total. The van der Waals surface area contributed by atoms with E-state index in [0.29, 0.717) is 19.8 Å². The Morgan fingerprint density at radius 1 is 0.760 bits per heavy atom. The van der Waals surface area contributed by atoms with E-state index in [2.05, 4.69) is 0 Å². The van der Waals surface area contributed by atoms with E-state index in [1.165, 1.54) is 0 Å². The van der Waals surface area contributed by atoms with Crippen LogP contribution in [0.4, 0.5) is 0 Å². The van der Waals surface area contributed by atoms with E-state index in [1.807, 2.05) is 0 Å². The van der Waals surface area contributed by atoms with Gasteiger partial charge in [-0.1, -0.05) is 6.92 Å². The zero-order valence-corrected chi connectivity index (χ0v) is 13.9. The summed E-state index contributed by atoms with van der Waals surface area (Å²) in [5, 5.41) is 0. The molecule has 3 rings (SSSR count). The number of esters is 3. The number of rotatable bonds is 10. The van der Waals surface area contributed by atoms with Crippen molar-refractivity contribution in [2.24, 2.45) is 0 Å². The van der Waals surface area contributed by atoms with Crippen LogP contribution in [0.2, 0.25) is 0 Å². The summed E-state index contributed by atoms with van der Waals surface area (Å²) in [5.41, 5.74) is -0.519. The van der Waals surface area contributed by atoms with Crippen LogP contribution < -0.4 is 0 Å². The molecule has 0 aromatic carbocycles. The van der Waals surface area contributed by atoms with Crippen LogP contribution in [0.3, 0.4) is 0 Å². The molecule has 0 amide bonds. The zero-order chi connectivity index (χ0) is 17.8. The molecular formula is C16H20O9. The van der Waals surface area contributed by atoms with Gasteiger partial charge in [0.15, 0.2) is 5.57 Å². The van der Waals surface area contributed by atoms with Gasteiger partial charge in [0.25, 0.3) is 0 Å². The van der Waals surface area contributed by atoms with Gasteiger partial charge in [-0.3, -0.25) is 0 Å². The fourth-order valence-electron chi connectivity index (χ4n) is 1.98. The summed E-state index contributed by atoms with van der Waals surface area (Å²) in [6.07, 6.45) is -0.331. The third kappa shape index (κ3) is 5.52. The standard InChI is InChI=1S/C16H20O9/c1-2-12(14(17)23-6-9-3-20-9)13(15(18)24-7-10-4-21-10)16(19)25-8-11-5-22-11/h9-11H,2-8H2,1H3. The summed E-state index contributed by atoms with van der Waals surface area (Å²) >= 11 is 0. The molecule has 25 heavy (non-hydrogen) atoms. The lowest BCUT2D eigenvalue weighted by Crippen LogP contribution is -2.26. The number of hydrogen-bond acceptors (Lipinski definition) is 9. The van der Waals surface area contributed by atoms with E-state index in [0.717, 1.165) is 0 Å². The van der Waals surface area contributed by atoms with Gasteiger partial charge in [-0.15, -0.1) is 0 Å². The lowest BCUT2D eigenvalue weighted by atomic mass is 10.1. The molecular weight excluding hydrogens is 336 g/mol. The smallest absolute Gasteiger partial charge is 0.346 e. The molecule has 0 aromatic rings. The Morgan fingerprint density at radius 3 is 1.44 bits per heavy atom. The molecule has 3 fully saturated rings. The second-order valence-corrected chi connectivity index (χ2v) is 5.87. The van der Waals surface area contributed by atoms with Crippen molar-refractivity contribution in [3.8, 4) is 0 Å². The third-order valence-corrected chi connectivity index (χ3v) is 3.72. The largest absolute Gasteiger partial charge is 0.459 e. The minimum Gasteiger partial charge on any atom is -0.459 e. The molecule has 3 aliphatic heterocycles. The molecule has 3 aliphatic rings. The van der Waals surface area contributed by atoms with Crippen molar-refractivity contribution in [3.63, 3.8) is 0 Å².